The van der Waals surface area contributed by atoms with E-state index in [1.807, 2.05) is 13.8 Å². The van der Waals surface area contributed by atoms with Crippen molar-refractivity contribution in [1.29, 1.82) is 0 Å². The van der Waals surface area contributed by atoms with E-state index in [9.17, 15) is 4.79 Å². The van der Waals surface area contributed by atoms with E-state index in [0.29, 0.717) is 17.9 Å². The fourth-order valence-electron chi connectivity index (χ4n) is 6.31. The fraction of sp³-hybridized carbons (Fsp3) is 0.552. The van der Waals surface area contributed by atoms with E-state index in [1.165, 1.54) is 11.1 Å². The average Bonchev–Trinajstić information content (AvgIpc) is 3.28. The summed E-state index contributed by atoms with van der Waals surface area (Å²) >= 11 is 0. The van der Waals surface area contributed by atoms with Gasteiger partial charge in [-0.2, -0.15) is 0 Å². The lowest BCUT2D eigenvalue weighted by Gasteiger charge is -2.39. The first-order chi connectivity index (χ1) is 17.0. The summed E-state index contributed by atoms with van der Waals surface area (Å²) in [7, 11) is 2.16. The van der Waals surface area contributed by atoms with Gasteiger partial charge < -0.3 is 15.0 Å². The summed E-state index contributed by atoms with van der Waals surface area (Å²) in [6.45, 7) is 6.06. The van der Waals surface area contributed by atoms with Crippen molar-refractivity contribution in [2.24, 2.45) is 11.8 Å². The molecule has 2 saturated heterocycles. The smallest absolute Gasteiger partial charge is 0.223 e. The second-order valence-electron chi connectivity index (χ2n) is 11.0. The molecule has 1 saturated carbocycles. The molecule has 3 aliphatic rings. The van der Waals surface area contributed by atoms with Gasteiger partial charge in [0.1, 0.15) is 5.75 Å². The van der Waals surface area contributed by atoms with Crippen molar-refractivity contribution in [2.45, 2.75) is 69.7 Å². The van der Waals surface area contributed by atoms with E-state index >= 15 is 0 Å². The number of hydrogen-bond acceptors (Lipinski definition) is 5. The zero-order valence-electron chi connectivity index (χ0n) is 21.2. The van der Waals surface area contributed by atoms with Crippen molar-refractivity contribution >= 4 is 5.91 Å². The van der Waals surface area contributed by atoms with Crippen LogP contribution in [0.3, 0.4) is 0 Å². The molecule has 35 heavy (non-hydrogen) atoms. The van der Waals surface area contributed by atoms with Crippen LogP contribution in [0, 0.1) is 11.8 Å². The van der Waals surface area contributed by atoms with Crippen LogP contribution >= 0.6 is 0 Å². The van der Waals surface area contributed by atoms with Crippen LogP contribution in [0.2, 0.25) is 0 Å². The number of hydrazine groups is 1. The molecule has 2 heterocycles. The molecule has 0 aromatic heterocycles. The van der Waals surface area contributed by atoms with Crippen LogP contribution in [-0.4, -0.2) is 49.1 Å². The molecular formula is C29H40N4O2. The number of hydrogen-bond donors (Lipinski definition) is 3. The van der Waals surface area contributed by atoms with Gasteiger partial charge >= 0.3 is 0 Å². The van der Waals surface area contributed by atoms with Gasteiger partial charge in [-0.25, -0.2) is 5.43 Å². The van der Waals surface area contributed by atoms with Crippen LogP contribution in [0.5, 0.6) is 5.75 Å². The zero-order chi connectivity index (χ0) is 24.4. The molecule has 3 N–H and O–H groups in total. The molecule has 3 fully saturated rings. The highest BCUT2D eigenvalue weighted by Gasteiger charge is 2.43. The number of amides is 1. The van der Waals surface area contributed by atoms with E-state index in [-0.39, 0.29) is 30.0 Å². The molecule has 1 aliphatic carbocycles. The first kappa shape index (κ1) is 24.3. The minimum Gasteiger partial charge on any atom is -0.491 e. The number of nitrogens with zero attached hydrogens (tertiary/aromatic N) is 1. The van der Waals surface area contributed by atoms with Gasteiger partial charge in [0.25, 0.3) is 0 Å². The van der Waals surface area contributed by atoms with Crippen LogP contribution in [0.1, 0.15) is 62.6 Å². The fourth-order valence-corrected chi connectivity index (χ4v) is 6.31. The van der Waals surface area contributed by atoms with Crippen LogP contribution in [0.15, 0.2) is 54.6 Å². The number of likely N-dealkylation sites (tertiary alicyclic amines) is 1. The molecule has 2 aromatic carbocycles. The van der Waals surface area contributed by atoms with Crippen LogP contribution in [-0.2, 0) is 4.79 Å². The maximum absolute atomic E-state index is 13.5. The Morgan fingerprint density at radius 2 is 1.77 bits per heavy atom. The lowest BCUT2D eigenvalue weighted by Crippen LogP contribution is -2.52. The van der Waals surface area contributed by atoms with Crippen LogP contribution < -0.4 is 20.9 Å². The molecule has 6 nitrogen and oxygen atoms in total. The Hall–Kier alpha value is -2.41. The molecule has 188 valence electrons. The maximum Gasteiger partial charge on any atom is 0.223 e. The Balaban J connectivity index is 1.25. The topological polar surface area (TPSA) is 65.6 Å². The molecule has 2 aromatic rings. The highest BCUT2D eigenvalue weighted by atomic mass is 16.5. The molecule has 2 aliphatic heterocycles. The van der Waals surface area contributed by atoms with Crippen molar-refractivity contribution in [1.82, 2.24) is 21.1 Å². The lowest BCUT2D eigenvalue weighted by atomic mass is 9.74. The number of carbonyl (C=O) groups excluding carboxylic acids is 1. The monoisotopic (exact) mass is 476 g/mol. The van der Waals surface area contributed by atoms with Crippen molar-refractivity contribution in [2.75, 3.05) is 20.1 Å². The number of fused-ring (bicyclic) bond motifs is 1. The summed E-state index contributed by atoms with van der Waals surface area (Å²) < 4.78 is 5.81. The maximum atomic E-state index is 13.5. The average molecular weight is 477 g/mol. The highest BCUT2D eigenvalue weighted by molar-refractivity contribution is 5.79. The summed E-state index contributed by atoms with van der Waals surface area (Å²) in [5, 5.41) is 3.49. The minimum absolute atomic E-state index is 0.0626. The summed E-state index contributed by atoms with van der Waals surface area (Å²) in [6.07, 6.45) is 4.11. The van der Waals surface area contributed by atoms with E-state index in [0.717, 1.165) is 44.5 Å². The predicted molar refractivity (Wildman–Crippen MR) is 139 cm³/mol. The molecule has 6 atom stereocenters. The van der Waals surface area contributed by atoms with E-state index in [4.69, 9.17) is 4.74 Å². The summed E-state index contributed by atoms with van der Waals surface area (Å²) in [5.74, 6) is 1.97. The SMILES string of the molecule is CC(C)Oc1ccc(C2NNC3CCC(C(=O)N[C@@H]4CN(C)CC[C@H]4c4ccccc4)CC32)cc1. The van der Waals surface area contributed by atoms with Crippen molar-refractivity contribution in [3.63, 3.8) is 0 Å². The standard InChI is InChI=1S/C29H40N4O2/c1-19(2)35-23-12-9-21(10-13-23)28-25-17-22(11-14-26(25)31-32-28)29(34)30-27-18-33(3)16-15-24(27)20-7-5-4-6-8-20/h4-10,12-13,19,22,24-28,31-32H,11,14-18H2,1-3H3,(H,30,34)/t22?,24-,25?,26?,27+,28?/m0/s1. The summed E-state index contributed by atoms with van der Waals surface area (Å²) in [4.78, 5) is 15.9. The Labute approximate surface area is 209 Å². The summed E-state index contributed by atoms with van der Waals surface area (Å²) in [5.41, 5.74) is 9.62. The highest BCUT2D eigenvalue weighted by Crippen LogP contribution is 2.41. The number of rotatable bonds is 6. The van der Waals surface area contributed by atoms with Gasteiger partial charge in [-0.1, -0.05) is 42.5 Å². The van der Waals surface area contributed by atoms with Gasteiger partial charge in [0.15, 0.2) is 0 Å². The second kappa shape index (κ2) is 10.7. The first-order valence-electron chi connectivity index (χ1n) is 13.3. The second-order valence-corrected chi connectivity index (χ2v) is 11.0. The molecule has 0 radical (unpaired) electrons. The third-order valence-electron chi connectivity index (χ3n) is 8.11. The van der Waals surface area contributed by atoms with Gasteiger partial charge in [0, 0.05) is 30.5 Å². The third kappa shape index (κ3) is 5.55. The molecule has 5 rings (SSSR count). The number of likely N-dealkylation sites (N-methyl/N-ethyl adjacent to an activating group) is 1. The van der Waals surface area contributed by atoms with Crippen molar-refractivity contribution in [3.05, 3.63) is 65.7 Å². The number of benzene rings is 2. The lowest BCUT2D eigenvalue weighted by molar-refractivity contribution is -0.127. The minimum atomic E-state index is 0.0626. The third-order valence-corrected chi connectivity index (χ3v) is 8.11. The van der Waals surface area contributed by atoms with Gasteiger partial charge in [-0.3, -0.25) is 10.2 Å². The van der Waals surface area contributed by atoms with Gasteiger partial charge in [0.2, 0.25) is 5.91 Å². The first-order valence-corrected chi connectivity index (χ1v) is 13.3. The molecule has 0 spiro atoms. The Bertz CT molecular complexity index is 980. The summed E-state index contributed by atoms with van der Waals surface area (Å²) in [6, 6.07) is 19.9. The van der Waals surface area contributed by atoms with E-state index in [1.54, 1.807) is 0 Å². The molecular weight excluding hydrogens is 436 g/mol. The van der Waals surface area contributed by atoms with Gasteiger partial charge in [0.05, 0.1) is 12.1 Å². The van der Waals surface area contributed by atoms with E-state index < -0.39 is 0 Å². The van der Waals surface area contributed by atoms with Crippen molar-refractivity contribution < 1.29 is 9.53 Å². The predicted octanol–water partition coefficient (Wildman–Crippen LogP) is 4.01. The van der Waals surface area contributed by atoms with Crippen LogP contribution in [0.4, 0.5) is 0 Å². The Morgan fingerprint density at radius 3 is 2.51 bits per heavy atom. The largest absolute Gasteiger partial charge is 0.491 e. The van der Waals surface area contributed by atoms with Crippen molar-refractivity contribution in [3.8, 4) is 5.75 Å². The number of ether oxygens (including phenoxy) is 1. The Kier molecular flexibility index (Phi) is 7.42. The molecule has 6 heteroatoms. The quantitative estimate of drug-likeness (QED) is 0.588. The number of carbonyl (C=O) groups is 1. The number of nitrogens with one attached hydrogen (secondary N) is 3. The normalized spacial score (nSPS) is 31.2. The van der Waals surface area contributed by atoms with E-state index in [2.05, 4.69) is 82.7 Å². The molecule has 1 amide bonds. The van der Waals surface area contributed by atoms with Gasteiger partial charge in [-0.15, -0.1) is 0 Å². The van der Waals surface area contributed by atoms with Crippen LogP contribution in [0.25, 0.3) is 0 Å². The molecule has 0 bridgehead atoms. The molecule has 4 unspecified atom stereocenters. The Morgan fingerprint density at radius 1 is 1.00 bits per heavy atom. The number of piperidine rings is 1. The van der Waals surface area contributed by atoms with Gasteiger partial charge in [-0.05, 0) is 82.3 Å². The zero-order valence-corrected chi connectivity index (χ0v) is 21.2.